The Morgan fingerprint density at radius 3 is 2.33 bits per heavy atom. The van der Waals surface area contributed by atoms with Gasteiger partial charge in [-0.15, -0.1) is 0 Å². The third-order valence-corrected chi connectivity index (χ3v) is 1.29. The Hall–Kier alpha value is -1.71. The summed E-state index contributed by atoms with van der Waals surface area (Å²) >= 11 is 0. The van der Waals surface area contributed by atoms with Crippen molar-refractivity contribution in [2.24, 2.45) is 0 Å². The Balaban J connectivity index is 0.000000262. The minimum Gasteiger partial charge on any atom is -0.466 e. The average molecular weight is 212 g/mol. The van der Waals surface area contributed by atoms with Crippen LogP contribution in [0.2, 0.25) is 0 Å². The van der Waals surface area contributed by atoms with Crippen molar-refractivity contribution in [2.75, 3.05) is 6.61 Å². The molecule has 0 unspecified atom stereocenters. The summed E-state index contributed by atoms with van der Waals surface area (Å²) in [5.41, 5.74) is 0. The minimum absolute atomic E-state index is 0.131. The van der Waals surface area contributed by atoms with Crippen LogP contribution >= 0.6 is 0 Å². The first-order valence-corrected chi connectivity index (χ1v) is 4.50. The van der Waals surface area contributed by atoms with Crippen LogP contribution in [-0.2, 0) is 14.3 Å². The summed E-state index contributed by atoms with van der Waals surface area (Å²) in [5.74, 6) is -0.634. The van der Waals surface area contributed by atoms with Crippen LogP contribution in [0.5, 0.6) is 0 Å². The van der Waals surface area contributed by atoms with E-state index in [1.54, 1.807) is 25.1 Å². The molecule has 0 aliphatic heterocycles. The molecule has 0 N–H and O–H groups in total. The van der Waals surface area contributed by atoms with Crippen molar-refractivity contribution in [3.8, 4) is 0 Å². The fraction of sp³-hybridized carbons (Fsp3) is 0.273. The second-order valence-corrected chi connectivity index (χ2v) is 2.47. The van der Waals surface area contributed by atoms with Gasteiger partial charge in [0.2, 0.25) is 0 Å². The highest BCUT2D eigenvalue weighted by atomic mass is 19.1. The molecule has 0 bridgehead atoms. The lowest BCUT2D eigenvalue weighted by molar-refractivity contribution is -0.143. The van der Waals surface area contributed by atoms with Crippen molar-refractivity contribution >= 4 is 12.3 Å². The van der Waals surface area contributed by atoms with Crippen LogP contribution in [0.1, 0.15) is 13.3 Å². The van der Waals surface area contributed by atoms with Gasteiger partial charge >= 0.3 is 5.97 Å². The molecule has 0 saturated carbocycles. The Morgan fingerprint density at radius 2 is 2.00 bits per heavy atom. The van der Waals surface area contributed by atoms with Crippen LogP contribution in [-0.4, -0.2) is 18.9 Å². The number of hydrogen-bond acceptors (Lipinski definition) is 3. The molecule has 4 heteroatoms. The van der Waals surface area contributed by atoms with Gasteiger partial charge in [0.1, 0.15) is 18.5 Å². The van der Waals surface area contributed by atoms with Gasteiger partial charge in [0.05, 0.1) is 6.61 Å². The summed E-state index contributed by atoms with van der Waals surface area (Å²) in [4.78, 5) is 19.8. The molecule has 0 aromatic heterocycles. The topological polar surface area (TPSA) is 43.4 Å². The SMILES string of the molecule is CCOC(=O)CC=O.Fc1ccccc1. The lowest BCUT2D eigenvalue weighted by atomic mass is 10.4. The van der Waals surface area contributed by atoms with Crippen molar-refractivity contribution < 1.29 is 18.7 Å². The molecule has 0 aliphatic carbocycles. The van der Waals surface area contributed by atoms with E-state index in [4.69, 9.17) is 0 Å². The number of rotatable bonds is 3. The first kappa shape index (κ1) is 13.3. The molecule has 0 heterocycles. The predicted molar refractivity (Wildman–Crippen MR) is 53.7 cm³/mol. The molecule has 0 radical (unpaired) electrons. The van der Waals surface area contributed by atoms with E-state index in [-0.39, 0.29) is 12.2 Å². The maximum Gasteiger partial charge on any atom is 0.312 e. The monoisotopic (exact) mass is 212 g/mol. The van der Waals surface area contributed by atoms with Crippen LogP contribution in [0.3, 0.4) is 0 Å². The summed E-state index contributed by atoms with van der Waals surface area (Å²) in [5, 5.41) is 0. The maximum atomic E-state index is 11.9. The molecule has 1 rings (SSSR count). The third-order valence-electron chi connectivity index (χ3n) is 1.29. The fourth-order valence-electron chi connectivity index (χ4n) is 0.703. The molecule has 3 nitrogen and oxygen atoms in total. The summed E-state index contributed by atoms with van der Waals surface area (Å²) in [6.45, 7) is 2.04. The van der Waals surface area contributed by atoms with Crippen LogP contribution < -0.4 is 0 Å². The first-order valence-electron chi connectivity index (χ1n) is 4.50. The number of ether oxygens (including phenoxy) is 1. The van der Waals surface area contributed by atoms with Crippen molar-refractivity contribution in [3.05, 3.63) is 36.1 Å². The van der Waals surface area contributed by atoms with Crippen molar-refractivity contribution in [1.82, 2.24) is 0 Å². The van der Waals surface area contributed by atoms with E-state index < -0.39 is 5.97 Å². The van der Waals surface area contributed by atoms with Gasteiger partial charge in [0.15, 0.2) is 0 Å². The fourth-order valence-corrected chi connectivity index (χ4v) is 0.703. The largest absolute Gasteiger partial charge is 0.466 e. The van der Waals surface area contributed by atoms with Gasteiger partial charge in [-0.1, -0.05) is 18.2 Å². The molecule has 0 spiro atoms. The highest BCUT2D eigenvalue weighted by molar-refractivity contribution is 5.83. The van der Waals surface area contributed by atoms with Gasteiger partial charge in [0, 0.05) is 0 Å². The van der Waals surface area contributed by atoms with E-state index >= 15 is 0 Å². The standard InChI is InChI=1S/C6H5F.C5H8O3/c7-6-4-2-1-3-5-6;1-2-8-5(7)3-4-6/h1-5H;4H,2-3H2,1H3. The maximum absolute atomic E-state index is 11.9. The number of carbonyl (C=O) groups excluding carboxylic acids is 2. The number of benzene rings is 1. The summed E-state index contributed by atoms with van der Waals surface area (Å²) in [6, 6.07) is 7.94. The van der Waals surface area contributed by atoms with Gasteiger partial charge in [0.25, 0.3) is 0 Å². The van der Waals surface area contributed by atoms with Crippen LogP contribution in [0.4, 0.5) is 4.39 Å². The molecule has 0 atom stereocenters. The second kappa shape index (κ2) is 8.87. The molecular formula is C11H13FO3. The number of esters is 1. The van der Waals surface area contributed by atoms with Crippen molar-refractivity contribution in [1.29, 1.82) is 0 Å². The molecule has 15 heavy (non-hydrogen) atoms. The highest BCUT2D eigenvalue weighted by Gasteiger charge is 1.95. The van der Waals surface area contributed by atoms with Crippen molar-refractivity contribution in [2.45, 2.75) is 13.3 Å². The highest BCUT2D eigenvalue weighted by Crippen LogP contribution is 1.91. The molecule has 82 valence electrons. The Bertz CT molecular complexity index is 285. The Labute approximate surface area is 87.9 Å². The molecule has 0 aliphatic rings. The van der Waals surface area contributed by atoms with E-state index in [0.29, 0.717) is 12.9 Å². The Morgan fingerprint density at radius 1 is 1.40 bits per heavy atom. The summed E-state index contributed by atoms with van der Waals surface area (Å²) in [7, 11) is 0. The number of hydrogen-bond donors (Lipinski definition) is 0. The van der Waals surface area contributed by atoms with Crippen LogP contribution in [0.15, 0.2) is 30.3 Å². The molecule has 1 aromatic carbocycles. The quantitative estimate of drug-likeness (QED) is 0.437. The van der Waals surface area contributed by atoms with E-state index in [9.17, 15) is 14.0 Å². The third kappa shape index (κ3) is 8.62. The average Bonchev–Trinajstić information content (AvgIpc) is 2.20. The van der Waals surface area contributed by atoms with E-state index in [1.807, 2.05) is 0 Å². The minimum atomic E-state index is -0.456. The van der Waals surface area contributed by atoms with Gasteiger partial charge in [-0.05, 0) is 19.1 Å². The second-order valence-electron chi connectivity index (χ2n) is 2.47. The summed E-state index contributed by atoms with van der Waals surface area (Å²) < 4.78 is 16.3. The predicted octanol–water partition coefficient (Wildman–Crippen LogP) is 1.96. The van der Waals surface area contributed by atoms with E-state index in [2.05, 4.69) is 4.74 Å². The van der Waals surface area contributed by atoms with Gasteiger partial charge in [-0.25, -0.2) is 4.39 Å². The van der Waals surface area contributed by atoms with Gasteiger partial charge in [-0.2, -0.15) is 0 Å². The normalized spacial score (nSPS) is 8.40. The van der Waals surface area contributed by atoms with Crippen LogP contribution in [0.25, 0.3) is 0 Å². The zero-order valence-corrected chi connectivity index (χ0v) is 8.48. The van der Waals surface area contributed by atoms with E-state index in [1.165, 1.54) is 12.1 Å². The molecule has 0 amide bonds. The first-order chi connectivity index (χ1) is 7.20. The van der Waals surface area contributed by atoms with Crippen LogP contribution in [0, 0.1) is 5.82 Å². The van der Waals surface area contributed by atoms with Crippen molar-refractivity contribution in [3.63, 3.8) is 0 Å². The molecule has 0 saturated heterocycles. The lowest BCUT2D eigenvalue weighted by Crippen LogP contribution is -2.03. The molecular weight excluding hydrogens is 199 g/mol. The Kier molecular flexibility index (Phi) is 7.86. The molecule has 0 fully saturated rings. The smallest absolute Gasteiger partial charge is 0.312 e. The number of carbonyl (C=O) groups is 2. The molecule has 1 aromatic rings. The van der Waals surface area contributed by atoms with Gasteiger partial charge < -0.3 is 9.53 Å². The van der Waals surface area contributed by atoms with Gasteiger partial charge in [-0.3, -0.25) is 4.79 Å². The number of aldehydes is 1. The zero-order chi connectivity index (χ0) is 11.5. The number of halogens is 1. The van der Waals surface area contributed by atoms with E-state index in [0.717, 1.165) is 0 Å². The zero-order valence-electron chi connectivity index (χ0n) is 8.48. The lowest BCUT2D eigenvalue weighted by Gasteiger charge is -1.93. The summed E-state index contributed by atoms with van der Waals surface area (Å²) in [6.07, 6.45) is 0.395.